The zero-order valence-corrected chi connectivity index (χ0v) is 9.41. The minimum atomic E-state index is -0.251. The number of methoxy groups -OCH3 is 1. The molecular weight excluding hydrogens is 190 g/mol. The van der Waals surface area contributed by atoms with Crippen LogP contribution in [0.25, 0.3) is 0 Å². The Labute approximate surface area is 90.4 Å². The van der Waals surface area contributed by atoms with Crippen LogP contribution >= 0.6 is 0 Å². The molecule has 0 heterocycles. The monoisotopic (exact) mass is 207 g/mol. The molecule has 3 nitrogen and oxygen atoms in total. The lowest BCUT2D eigenvalue weighted by molar-refractivity contribution is -0.139. The third kappa shape index (κ3) is 3.36. The number of carbonyl (C=O) groups is 1. The fourth-order valence-electron chi connectivity index (χ4n) is 1.32. The Balaban J connectivity index is 2.63. The highest BCUT2D eigenvalue weighted by Crippen LogP contribution is 2.18. The summed E-state index contributed by atoms with van der Waals surface area (Å²) in [6.07, 6.45) is 0. The van der Waals surface area contributed by atoms with E-state index in [1.165, 1.54) is 7.11 Å². The Morgan fingerprint density at radius 2 is 1.93 bits per heavy atom. The van der Waals surface area contributed by atoms with Gasteiger partial charge in [-0.2, -0.15) is 0 Å². The summed E-state index contributed by atoms with van der Waals surface area (Å²) in [5.41, 5.74) is 0.920. The first-order chi connectivity index (χ1) is 7.06. The summed E-state index contributed by atoms with van der Waals surface area (Å²) in [7, 11) is 1.39. The number of esters is 1. The van der Waals surface area contributed by atoms with E-state index < -0.39 is 0 Å². The van der Waals surface area contributed by atoms with E-state index in [-0.39, 0.29) is 18.1 Å². The molecule has 3 heteroatoms. The average molecular weight is 207 g/mol. The molecule has 0 fully saturated rings. The lowest BCUT2D eigenvalue weighted by Crippen LogP contribution is -2.40. The van der Waals surface area contributed by atoms with Gasteiger partial charge in [0.05, 0.1) is 13.7 Å². The number of hydrogen-bond donors (Lipinski definition) is 1. The van der Waals surface area contributed by atoms with Gasteiger partial charge < -0.3 is 4.74 Å². The number of rotatable bonds is 4. The van der Waals surface area contributed by atoms with Gasteiger partial charge >= 0.3 is 5.97 Å². The van der Waals surface area contributed by atoms with Gasteiger partial charge in [0.2, 0.25) is 0 Å². The summed E-state index contributed by atoms with van der Waals surface area (Å²) < 4.78 is 4.58. The smallest absolute Gasteiger partial charge is 0.319 e. The molecule has 0 bridgehead atoms. The molecule has 1 N–H and O–H groups in total. The molecule has 0 unspecified atom stereocenters. The Morgan fingerprint density at radius 1 is 1.33 bits per heavy atom. The molecule has 0 aliphatic heterocycles. The molecule has 0 saturated heterocycles. The number of carbonyl (C=O) groups excluding carboxylic acids is 1. The van der Waals surface area contributed by atoms with Crippen molar-refractivity contribution in [3.8, 4) is 0 Å². The standard InChI is InChI=1S/C12H17NO2/c1-12(2,13-9-11(14)15-3)10-7-5-4-6-8-10/h4-8,13H,9H2,1-3H3. The first-order valence-corrected chi connectivity index (χ1v) is 4.93. The zero-order chi connectivity index (χ0) is 11.3. The predicted octanol–water partition coefficient (Wildman–Crippen LogP) is 1.68. The lowest BCUT2D eigenvalue weighted by Gasteiger charge is -2.26. The second-order valence-corrected chi connectivity index (χ2v) is 3.92. The molecule has 1 aromatic rings. The van der Waals surface area contributed by atoms with Gasteiger partial charge in [-0.3, -0.25) is 10.1 Å². The zero-order valence-electron chi connectivity index (χ0n) is 9.41. The second-order valence-electron chi connectivity index (χ2n) is 3.92. The van der Waals surface area contributed by atoms with Crippen molar-refractivity contribution in [1.82, 2.24) is 5.32 Å². The first-order valence-electron chi connectivity index (χ1n) is 4.93. The van der Waals surface area contributed by atoms with Crippen LogP contribution < -0.4 is 5.32 Å². The van der Waals surface area contributed by atoms with Crippen LogP contribution in [0.5, 0.6) is 0 Å². The summed E-state index contributed by atoms with van der Waals surface area (Å²) in [5, 5.41) is 3.15. The van der Waals surface area contributed by atoms with Crippen LogP contribution in [0.4, 0.5) is 0 Å². The van der Waals surface area contributed by atoms with Gasteiger partial charge in [0.1, 0.15) is 0 Å². The summed E-state index contributed by atoms with van der Waals surface area (Å²) in [5.74, 6) is -0.251. The van der Waals surface area contributed by atoms with Crippen LogP contribution in [0.15, 0.2) is 30.3 Å². The number of ether oxygens (including phenoxy) is 1. The third-order valence-electron chi connectivity index (χ3n) is 2.40. The molecule has 0 aliphatic rings. The molecule has 0 spiro atoms. The molecule has 0 atom stereocenters. The molecule has 0 aliphatic carbocycles. The Kier molecular flexibility index (Phi) is 3.86. The topological polar surface area (TPSA) is 38.3 Å². The van der Waals surface area contributed by atoms with Crippen molar-refractivity contribution in [3.05, 3.63) is 35.9 Å². The van der Waals surface area contributed by atoms with Gasteiger partial charge in [0, 0.05) is 5.54 Å². The molecule has 0 aromatic heterocycles. The number of hydrogen-bond acceptors (Lipinski definition) is 3. The SMILES string of the molecule is COC(=O)CNC(C)(C)c1ccccc1. The predicted molar refractivity (Wildman–Crippen MR) is 59.5 cm³/mol. The van der Waals surface area contributed by atoms with Crippen LogP contribution in [0.1, 0.15) is 19.4 Å². The van der Waals surface area contributed by atoms with Gasteiger partial charge in [-0.25, -0.2) is 0 Å². The summed E-state index contributed by atoms with van der Waals surface area (Å²) in [4.78, 5) is 11.0. The average Bonchev–Trinajstić information content (AvgIpc) is 2.27. The maximum atomic E-state index is 11.0. The minimum absolute atomic E-state index is 0.221. The molecule has 0 amide bonds. The maximum absolute atomic E-state index is 11.0. The highest BCUT2D eigenvalue weighted by Gasteiger charge is 2.20. The molecule has 1 rings (SSSR count). The summed E-state index contributed by atoms with van der Waals surface area (Å²) in [6.45, 7) is 4.29. The largest absolute Gasteiger partial charge is 0.468 e. The highest BCUT2D eigenvalue weighted by molar-refractivity contribution is 5.71. The molecule has 0 saturated carbocycles. The van der Waals surface area contributed by atoms with Crippen molar-refractivity contribution < 1.29 is 9.53 Å². The molecule has 82 valence electrons. The van der Waals surface area contributed by atoms with Gasteiger partial charge in [-0.1, -0.05) is 30.3 Å². The number of nitrogens with one attached hydrogen (secondary N) is 1. The van der Waals surface area contributed by atoms with E-state index in [9.17, 15) is 4.79 Å². The van der Waals surface area contributed by atoms with E-state index >= 15 is 0 Å². The van der Waals surface area contributed by atoms with Crippen molar-refractivity contribution in [3.63, 3.8) is 0 Å². The maximum Gasteiger partial charge on any atom is 0.319 e. The molecule has 1 aromatic carbocycles. The van der Waals surface area contributed by atoms with E-state index in [4.69, 9.17) is 0 Å². The van der Waals surface area contributed by atoms with E-state index in [0.717, 1.165) is 5.56 Å². The van der Waals surface area contributed by atoms with Crippen LogP contribution in [0.3, 0.4) is 0 Å². The third-order valence-corrected chi connectivity index (χ3v) is 2.40. The lowest BCUT2D eigenvalue weighted by atomic mass is 9.94. The van der Waals surface area contributed by atoms with E-state index in [1.54, 1.807) is 0 Å². The fourth-order valence-corrected chi connectivity index (χ4v) is 1.32. The van der Waals surface area contributed by atoms with Gasteiger partial charge in [-0.05, 0) is 19.4 Å². The van der Waals surface area contributed by atoms with Gasteiger partial charge in [0.25, 0.3) is 0 Å². The summed E-state index contributed by atoms with van der Waals surface area (Å²) >= 11 is 0. The van der Waals surface area contributed by atoms with Crippen molar-refractivity contribution >= 4 is 5.97 Å². The van der Waals surface area contributed by atoms with Crippen LogP contribution in [0, 0.1) is 0 Å². The quantitative estimate of drug-likeness (QED) is 0.763. The van der Waals surface area contributed by atoms with Crippen molar-refractivity contribution in [2.45, 2.75) is 19.4 Å². The van der Waals surface area contributed by atoms with Crippen molar-refractivity contribution in [1.29, 1.82) is 0 Å². The van der Waals surface area contributed by atoms with Gasteiger partial charge in [0.15, 0.2) is 0 Å². The normalized spacial score (nSPS) is 11.1. The summed E-state index contributed by atoms with van der Waals surface area (Å²) in [6, 6.07) is 10.0. The first kappa shape index (κ1) is 11.7. The Morgan fingerprint density at radius 3 is 2.47 bits per heavy atom. The van der Waals surface area contributed by atoms with E-state index in [1.807, 2.05) is 44.2 Å². The Bertz CT molecular complexity index is 320. The van der Waals surface area contributed by atoms with Crippen molar-refractivity contribution in [2.24, 2.45) is 0 Å². The fraction of sp³-hybridized carbons (Fsp3) is 0.417. The van der Waals surface area contributed by atoms with E-state index in [2.05, 4.69) is 10.1 Å². The number of benzene rings is 1. The van der Waals surface area contributed by atoms with Crippen LogP contribution in [0.2, 0.25) is 0 Å². The molecule has 0 radical (unpaired) electrons. The second kappa shape index (κ2) is 4.94. The van der Waals surface area contributed by atoms with Gasteiger partial charge in [-0.15, -0.1) is 0 Å². The van der Waals surface area contributed by atoms with Crippen LogP contribution in [-0.2, 0) is 15.1 Å². The molecule has 15 heavy (non-hydrogen) atoms. The van der Waals surface area contributed by atoms with Crippen LogP contribution in [-0.4, -0.2) is 19.6 Å². The van der Waals surface area contributed by atoms with Crippen molar-refractivity contribution in [2.75, 3.05) is 13.7 Å². The Hall–Kier alpha value is -1.35. The highest BCUT2D eigenvalue weighted by atomic mass is 16.5. The minimum Gasteiger partial charge on any atom is -0.468 e. The van der Waals surface area contributed by atoms with E-state index in [0.29, 0.717) is 0 Å². The molecular formula is C12H17NO2.